The van der Waals surface area contributed by atoms with Gasteiger partial charge in [-0.3, -0.25) is 0 Å². The van der Waals surface area contributed by atoms with Crippen LogP contribution in [0.3, 0.4) is 0 Å². The highest BCUT2D eigenvalue weighted by Gasteiger charge is 2.08. The van der Waals surface area contributed by atoms with E-state index in [9.17, 15) is 0 Å². The van der Waals surface area contributed by atoms with Crippen LogP contribution in [0.2, 0.25) is 10.0 Å². The Hall–Kier alpha value is -0.810. The second-order valence-corrected chi connectivity index (χ2v) is 6.51. The van der Waals surface area contributed by atoms with Gasteiger partial charge in [0.15, 0.2) is 0 Å². The summed E-state index contributed by atoms with van der Waals surface area (Å²) >= 11 is 15.5. The van der Waals surface area contributed by atoms with E-state index in [2.05, 4.69) is 40.1 Å². The van der Waals surface area contributed by atoms with E-state index in [0.717, 1.165) is 16.6 Å². The van der Waals surface area contributed by atoms with Crippen LogP contribution >= 0.6 is 39.1 Å². The average Bonchev–Trinajstić information content (AvgIpc) is 2.44. The van der Waals surface area contributed by atoms with E-state index in [4.69, 9.17) is 27.9 Å². The Labute approximate surface area is 142 Å². The highest BCUT2D eigenvalue weighted by molar-refractivity contribution is 9.10. The third-order valence-corrected chi connectivity index (χ3v) is 4.19. The summed E-state index contributed by atoms with van der Waals surface area (Å²) in [7, 11) is 0. The van der Waals surface area contributed by atoms with Gasteiger partial charge in [0.25, 0.3) is 0 Å². The third kappa shape index (κ3) is 4.85. The van der Waals surface area contributed by atoms with Gasteiger partial charge in [-0.05, 0) is 27.6 Å². The number of nitrogens with one attached hydrogen (secondary N) is 1. The van der Waals surface area contributed by atoms with Crippen molar-refractivity contribution in [1.82, 2.24) is 10.3 Å². The van der Waals surface area contributed by atoms with Crippen molar-refractivity contribution in [3.05, 3.63) is 50.5 Å². The number of hydrogen-bond donors (Lipinski definition) is 1. The van der Waals surface area contributed by atoms with E-state index in [-0.39, 0.29) is 0 Å². The van der Waals surface area contributed by atoms with Crippen molar-refractivity contribution in [1.29, 1.82) is 0 Å². The lowest BCUT2D eigenvalue weighted by atomic mass is 10.2. The molecular weight excluding hydrogens is 375 g/mol. The number of halogens is 3. The Morgan fingerprint density at radius 3 is 2.62 bits per heavy atom. The minimum Gasteiger partial charge on any atom is -0.437 e. The predicted molar refractivity (Wildman–Crippen MR) is 90.4 cm³/mol. The van der Waals surface area contributed by atoms with Crippen molar-refractivity contribution in [3.63, 3.8) is 0 Å². The van der Waals surface area contributed by atoms with E-state index in [1.807, 2.05) is 12.1 Å². The molecule has 1 aromatic carbocycles. The zero-order valence-electron chi connectivity index (χ0n) is 11.7. The summed E-state index contributed by atoms with van der Waals surface area (Å²) in [6.45, 7) is 4.98. The van der Waals surface area contributed by atoms with Gasteiger partial charge >= 0.3 is 0 Å². The third-order valence-electron chi connectivity index (χ3n) is 2.70. The molecule has 0 fully saturated rings. The molecular formula is C15H15BrCl2N2O. The molecule has 0 spiro atoms. The molecule has 0 amide bonds. The minimum absolute atomic E-state index is 0.435. The maximum Gasteiger partial charge on any atom is 0.219 e. The molecule has 6 heteroatoms. The maximum atomic E-state index is 6.12. The standard InChI is InChI=1S/C15H15BrCl2N2O/c1-9(2)19-7-10-3-4-15(20-8-10)21-14-6-12(17)11(16)5-13(14)18/h3-6,8-9,19H,7H2,1-2H3. The van der Waals surface area contributed by atoms with Gasteiger partial charge in [0.05, 0.1) is 10.0 Å². The number of hydrogen-bond acceptors (Lipinski definition) is 3. The molecule has 1 heterocycles. The summed E-state index contributed by atoms with van der Waals surface area (Å²) in [6, 6.07) is 7.56. The summed E-state index contributed by atoms with van der Waals surface area (Å²) in [5.41, 5.74) is 1.09. The Kier molecular flexibility index (Phi) is 5.88. The summed E-state index contributed by atoms with van der Waals surface area (Å²) in [4.78, 5) is 4.27. The summed E-state index contributed by atoms with van der Waals surface area (Å²) in [5, 5.41) is 4.33. The van der Waals surface area contributed by atoms with Crippen molar-refractivity contribution in [2.45, 2.75) is 26.4 Å². The average molecular weight is 390 g/mol. The fourth-order valence-electron chi connectivity index (χ4n) is 1.59. The zero-order valence-corrected chi connectivity index (χ0v) is 14.8. The first-order valence-corrected chi connectivity index (χ1v) is 8.01. The largest absolute Gasteiger partial charge is 0.437 e. The molecule has 0 saturated heterocycles. The second kappa shape index (κ2) is 7.45. The molecule has 2 rings (SSSR count). The first-order chi connectivity index (χ1) is 9.95. The fourth-order valence-corrected chi connectivity index (χ4v) is 2.42. The van der Waals surface area contributed by atoms with E-state index in [1.165, 1.54) is 0 Å². The summed E-state index contributed by atoms with van der Waals surface area (Å²) in [5.74, 6) is 0.953. The van der Waals surface area contributed by atoms with Crippen LogP contribution in [0.4, 0.5) is 0 Å². The summed E-state index contributed by atoms with van der Waals surface area (Å²) < 4.78 is 6.38. The first kappa shape index (κ1) is 16.6. The lowest BCUT2D eigenvalue weighted by molar-refractivity contribution is 0.462. The molecule has 1 N–H and O–H groups in total. The van der Waals surface area contributed by atoms with Gasteiger partial charge in [0.2, 0.25) is 5.88 Å². The fraction of sp³-hybridized carbons (Fsp3) is 0.267. The molecule has 0 bridgehead atoms. The Bertz CT molecular complexity index is 618. The Morgan fingerprint density at radius 2 is 2.00 bits per heavy atom. The van der Waals surface area contributed by atoms with Crippen LogP contribution in [0.1, 0.15) is 19.4 Å². The number of aromatic nitrogens is 1. The number of rotatable bonds is 5. The van der Waals surface area contributed by atoms with Gasteiger partial charge in [-0.15, -0.1) is 0 Å². The molecule has 1 aromatic heterocycles. The molecule has 2 aromatic rings. The van der Waals surface area contributed by atoms with Gasteiger partial charge in [-0.2, -0.15) is 0 Å². The van der Waals surface area contributed by atoms with E-state index in [0.29, 0.717) is 27.7 Å². The van der Waals surface area contributed by atoms with E-state index < -0.39 is 0 Å². The van der Waals surface area contributed by atoms with Crippen molar-refractivity contribution < 1.29 is 4.74 Å². The molecule has 112 valence electrons. The molecule has 21 heavy (non-hydrogen) atoms. The maximum absolute atomic E-state index is 6.12. The van der Waals surface area contributed by atoms with Crippen LogP contribution in [0.5, 0.6) is 11.6 Å². The molecule has 0 aliphatic heterocycles. The van der Waals surface area contributed by atoms with Gasteiger partial charge < -0.3 is 10.1 Å². The quantitative estimate of drug-likeness (QED) is 0.691. The van der Waals surface area contributed by atoms with Crippen LogP contribution in [-0.2, 0) is 6.54 Å². The Morgan fingerprint density at radius 1 is 1.24 bits per heavy atom. The number of ether oxygens (including phenoxy) is 1. The van der Waals surface area contributed by atoms with Gasteiger partial charge in [-0.1, -0.05) is 43.1 Å². The molecule has 0 atom stereocenters. The van der Waals surface area contributed by atoms with Crippen LogP contribution in [0, 0.1) is 0 Å². The smallest absolute Gasteiger partial charge is 0.219 e. The van der Waals surface area contributed by atoms with Crippen LogP contribution in [-0.4, -0.2) is 11.0 Å². The van der Waals surface area contributed by atoms with Crippen LogP contribution in [0.15, 0.2) is 34.9 Å². The van der Waals surface area contributed by atoms with Crippen LogP contribution < -0.4 is 10.1 Å². The minimum atomic E-state index is 0.435. The number of benzene rings is 1. The van der Waals surface area contributed by atoms with Crippen molar-refractivity contribution in [3.8, 4) is 11.6 Å². The first-order valence-electron chi connectivity index (χ1n) is 6.46. The van der Waals surface area contributed by atoms with Crippen molar-refractivity contribution >= 4 is 39.1 Å². The number of nitrogens with zero attached hydrogens (tertiary/aromatic N) is 1. The molecule has 0 unspecified atom stereocenters. The monoisotopic (exact) mass is 388 g/mol. The van der Waals surface area contributed by atoms with Crippen LogP contribution in [0.25, 0.3) is 0 Å². The van der Waals surface area contributed by atoms with Gasteiger partial charge in [0.1, 0.15) is 5.75 Å². The normalized spacial score (nSPS) is 11.0. The summed E-state index contributed by atoms with van der Waals surface area (Å²) in [6.07, 6.45) is 1.78. The highest BCUT2D eigenvalue weighted by Crippen LogP contribution is 2.36. The second-order valence-electron chi connectivity index (χ2n) is 4.84. The molecule has 0 aliphatic rings. The van der Waals surface area contributed by atoms with Gasteiger partial charge in [-0.25, -0.2) is 4.98 Å². The van der Waals surface area contributed by atoms with E-state index >= 15 is 0 Å². The van der Waals surface area contributed by atoms with Crippen molar-refractivity contribution in [2.24, 2.45) is 0 Å². The molecule has 3 nitrogen and oxygen atoms in total. The highest BCUT2D eigenvalue weighted by atomic mass is 79.9. The predicted octanol–water partition coefficient (Wildman–Crippen LogP) is 5.44. The molecule has 0 saturated carbocycles. The lowest BCUT2D eigenvalue weighted by Crippen LogP contribution is -2.21. The molecule has 0 radical (unpaired) electrons. The SMILES string of the molecule is CC(C)NCc1ccc(Oc2cc(Cl)c(Br)cc2Cl)nc1. The van der Waals surface area contributed by atoms with Crippen molar-refractivity contribution in [2.75, 3.05) is 0 Å². The molecule has 0 aliphatic carbocycles. The zero-order chi connectivity index (χ0) is 15.4. The van der Waals surface area contributed by atoms with Gasteiger partial charge in [0, 0.05) is 35.4 Å². The van der Waals surface area contributed by atoms with E-state index in [1.54, 1.807) is 18.3 Å². The topological polar surface area (TPSA) is 34.1 Å². The lowest BCUT2D eigenvalue weighted by Gasteiger charge is -2.10. The number of pyridine rings is 1. The Balaban J connectivity index is 2.08.